The molecule has 148 valence electrons. The highest BCUT2D eigenvalue weighted by Gasteiger charge is 2.29. The van der Waals surface area contributed by atoms with Crippen LogP contribution in [-0.2, 0) is 9.59 Å². The maximum Gasteiger partial charge on any atom is 0.446 e. The number of alkyl halides is 3. The zero-order chi connectivity index (χ0) is 20.0. The van der Waals surface area contributed by atoms with E-state index in [1.54, 1.807) is 23.1 Å². The first-order valence-corrected chi connectivity index (χ1v) is 9.59. The third-order valence-corrected chi connectivity index (χ3v) is 4.88. The van der Waals surface area contributed by atoms with Crippen LogP contribution in [0.4, 0.5) is 13.2 Å². The van der Waals surface area contributed by atoms with Crippen molar-refractivity contribution in [1.82, 2.24) is 10.2 Å². The summed E-state index contributed by atoms with van der Waals surface area (Å²) in [5.41, 5.74) is -3.66. The molecule has 1 fully saturated rings. The molecule has 1 aromatic rings. The Morgan fingerprint density at radius 2 is 1.78 bits per heavy atom. The van der Waals surface area contributed by atoms with Gasteiger partial charge in [-0.05, 0) is 62.2 Å². The van der Waals surface area contributed by atoms with Gasteiger partial charge in [-0.25, -0.2) is 0 Å². The number of thioether (sulfide) groups is 1. The lowest BCUT2D eigenvalue weighted by atomic mass is 9.95. The number of nitrogens with zero attached hydrogens (tertiary/aromatic N) is 1. The Kier molecular flexibility index (Phi) is 7.35. The summed E-state index contributed by atoms with van der Waals surface area (Å²) in [6.07, 6.45) is 4.26. The maximum absolute atomic E-state index is 12.3. The number of hydrogen-bond acceptors (Lipinski definition) is 3. The molecule has 1 aromatic carbocycles. The van der Waals surface area contributed by atoms with Crippen LogP contribution in [0.2, 0.25) is 0 Å². The molecule has 1 aliphatic heterocycles. The SMILES string of the molecule is CC(C)NC(=O)C1CCN(C(=O)/C=C/c2ccc(SC(F)(F)F)cc2)CC1. The van der Waals surface area contributed by atoms with Crippen LogP contribution in [0.25, 0.3) is 6.08 Å². The number of hydrogen-bond donors (Lipinski definition) is 1. The number of amides is 2. The number of carbonyl (C=O) groups is 2. The summed E-state index contributed by atoms with van der Waals surface area (Å²) in [5.74, 6) is -0.199. The fraction of sp³-hybridized carbons (Fsp3) is 0.474. The van der Waals surface area contributed by atoms with Crippen LogP contribution in [-0.4, -0.2) is 41.4 Å². The van der Waals surface area contributed by atoms with Crippen LogP contribution in [0.1, 0.15) is 32.3 Å². The van der Waals surface area contributed by atoms with Gasteiger partial charge in [0, 0.05) is 36.0 Å². The highest BCUT2D eigenvalue weighted by molar-refractivity contribution is 8.00. The Morgan fingerprint density at radius 3 is 2.30 bits per heavy atom. The van der Waals surface area contributed by atoms with Crippen molar-refractivity contribution >= 4 is 29.7 Å². The van der Waals surface area contributed by atoms with Gasteiger partial charge in [-0.2, -0.15) is 13.2 Å². The molecule has 0 aliphatic carbocycles. The second-order valence-corrected chi connectivity index (χ2v) is 7.85. The maximum atomic E-state index is 12.3. The Bertz CT molecular complexity index is 679. The van der Waals surface area contributed by atoms with Gasteiger partial charge in [0.15, 0.2) is 0 Å². The Labute approximate surface area is 161 Å². The molecule has 4 nitrogen and oxygen atoms in total. The van der Waals surface area contributed by atoms with Crippen LogP contribution in [0.5, 0.6) is 0 Å². The molecule has 0 bridgehead atoms. The largest absolute Gasteiger partial charge is 0.446 e. The minimum absolute atomic E-state index is 0.0319. The average Bonchev–Trinajstić information content (AvgIpc) is 2.59. The first kappa shape index (κ1) is 21.3. The van der Waals surface area contributed by atoms with E-state index in [9.17, 15) is 22.8 Å². The second kappa shape index (κ2) is 9.30. The minimum Gasteiger partial charge on any atom is -0.354 e. The van der Waals surface area contributed by atoms with Crippen molar-refractivity contribution in [3.8, 4) is 0 Å². The molecule has 1 N–H and O–H groups in total. The van der Waals surface area contributed by atoms with Crippen molar-refractivity contribution in [2.75, 3.05) is 13.1 Å². The van der Waals surface area contributed by atoms with E-state index in [1.165, 1.54) is 18.2 Å². The van der Waals surface area contributed by atoms with E-state index in [0.29, 0.717) is 31.5 Å². The molecule has 8 heteroatoms. The van der Waals surface area contributed by atoms with Gasteiger partial charge in [0.2, 0.25) is 11.8 Å². The van der Waals surface area contributed by atoms with Gasteiger partial charge in [-0.1, -0.05) is 12.1 Å². The van der Waals surface area contributed by atoms with E-state index in [4.69, 9.17) is 0 Å². The third kappa shape index (κ3) is 7.28. The third-order valence-electron chi connectivity index (χ3n) is 4.14. The zero-order valence-corrected chi connectivity index (χ0v) is 16.1. The summed E-state index contributed by atoms with van der Waals surface area (Å²) in [6.45, 7) is 4.85. The van der Waals surface area contributed by atoms with E-state index in [-0.39, 0.29) is 40.4 Å². The van der Waals surface area contributed by atoms with Gasteiger partial charge in [0.05, 0.1) is 0 Å². The Balaban J connectivity index is 1.84. The highest BCUT2D eigenvalue weighted by atomic mass is 32.2. The molecule has 0 spiro atoms. The molecule has 1 heterocycles. The molecular formula is C19H23F3N2O2S. The first-order chi connectivity index (χ1) is 12.6. The molecular weight excluding hydrogens is 377 g/mol. The topological polar surface area (TPSA) is 49.4 Å². The average molecular weight is 400 g/mol. The lowest BCUT2D eigenvalue weighted by Crippen LogP contribution is -2.43. The summed E-state index contributed by atoms with van der Waals surface area (Å²) < 4.78 is 36.9. The number of benzene rings is 1. The van der Waals surface area contributed by atoms with Crippen molar-refractivity contribution in [1.29, 1.82) is 0 Å². The van der Waals surface area contributed by atoms with Crippen molar-refractivity contribution in [3.63, 3.8) is 0 Å². The van der Waals surface area contributed by atoms with E-state index in [0.717, 1.165) is 0 Å². The fourth-order valence-corrected chi connectivity index (χ4v) is 3.36. The van der Waals surface area contributed by atoms with Gasteiger partial charge in [0.1, 0.15) is 0 Å². The van der Waals surface area contributed by atoms with Crippen LogP contribution >= 0.6 is 11.8 Å². The second-order valence-electron chi connectivity index (χ2n) is 6.71. The summed E-state index contributed by atoms with van der Waals surface area (Å²) >= 11 is -0.169. The van der Waals surface area contributed by atoms with Gasteiger partial charge in [0.25, 0.3) is 0 Å². The molecule has 2 rings (SSSR count). The van der Waals surface area contributed by atoms with E-state index in [2.05, 4.69) is 5.32 Å². The lowest BCUT2D eigenvalue weighted by molar-refractivity contribution is -0.132. The minimum atomic E-state index is -4.31. The molecule has 2 amide bonds. The van der Waals surface area contributed by atoms with Crippen LogP contribution in [0.15, 0.2) is 35.2 Å². The highest BCUT2D eigenvalue weighted by Crippen LogP contribution is 2.36. The number of halogens is 3. The Morgan fingerprint density at radius 1 is 1.19 bits per heavy atom. The van der Waals surface area contributed by atoms with Crippen LogP contribution in [0.3, 0.4) is 0 Å². The molecule has 0 saturated carbocycles. The molecule has 1 saturated heterocycles. The normalized spacial score (nSPS) is 16.1. The van der Waals surface area contributed by atoms with Crippen molar-refractivity contribution in [2.45, 2.75) is 43.1 Å². The Hall–Kier alpha value is -1.96. The molecule has 27 heavy (non-hydrogen) atoms. The molecule has 0 aromatic heterocycles. The molecule has 0 radical (unpaired) electrons. The van der Waals surface area contributed by atoms with Crippen molar-refractivity contribution < 1.29 is 22.8 Å². The zero-order valence-electron chi connectivity index (χ0n) is 15.3. The quantitative estimate of drug-likeness (QED) is 0.599. The number of carbonyl (C=O) groups excluding carboxylic acids is 2. The molecule has 0 unspecified atom stereocenters. The number of piperidine rings is 1. The van der Waals surface area contributed by atoms with Gasteiger partial charge < -0.3 is 10.2 Å². The summed E-state index contributed by atoms with van der Waals surface area (Å²) in [4.78, 5) is 26.1. The predicted octanol–water partition coefficient (Wildman–Crippen LogP) is 4.07. The number of likely N-dealkylation sites (tertiary alicyclic amines) is 1. The first-order valence-electron chi connectivity index (χ1n) is 8.77. The predicted molar refractivity (Wildman–Crippen MR) is 100.0 cm³/mol. The standard InChI is InChI=1S/C19H23F3N2O2S/c1-13(2)23-18(26)15-9-11-24(12-10-15)17(25)8-5-14-3-6-16(7-4-14)27-19(20,21)22/h3-8,13,15H,9-12H2,1-2H3,(H,23,26)/b8-5+. The van der Waals surface area contributed by atoms with Crippen LogP contribution in [0, 0.1) is 5.92 Å². The van der Waals surface area contributed by atoms with Crippen molar-refractivity contribution in [2.24, 2.45) is 5.92 Å². The molecule has 1 aliphatic rings. The smallest absolute Gasteiger partial charge is 0.354 e. The summed E-state index contributed by atoms with van der Waals surface area (Å²) in [5, 5.41) is 2.89. The van der Waals surface area contributed by atoms with E-state index < -0.39 is 5.51 Å². The van der Waals surface area contributed by atoms with Gasteiger partial charge in [-0.3, -0.25) is 9.59 Å². The van der Waals surface area contributed by atoms with Gasteiger partial charge in [-0.15, -0.1) is 0 Å². The molecule has 0 atom stereocenters. The van der Waals surface area contributed by atoms with E-state index in [1.807, 2.05) is 13.8 Å². The van der Waals surface area contributed by atoms with Crippen LogP contribution < -0.4 is 5.32 Å². The lowest BCUT2D eigenvalue weighted by Gasteiger charge is -2.31. The number of rotatable bonds is 5. The van der Waals surface area contributed by atoms with E-state index >= 15 is 0 Å². The number of nitrogens with one attached hydrogen (secondary N) is 1. The summed E-state index contributed by atoms with van der Waals surface area (Å²) in [6, 6.07) is 5.93. The summed E-state index contributed by atoms with van der Waals surface area (Å²) in [7, 11) is 0. The monoisotopic (exact) mass is 400 g/mol. The van der Waals surface area contributed by atoms with Crippen molar-refractivity contribution in [3.05, 3.63) is 35.9 Å². The van der Waals surface area contributed by atoms with Gasteiger partial charge >= 0.3 is 5.51 Å². The fourth-order valence-electron chi connectivity index (χ4n) is 2.82.